The Morgan fingerprint density at radius 3 is 2.45 bits per heavy atom. The van der Waals surface area contributed by atoms with Crippen molar-refractivity contribution < 1.29 is 0 Å². The van der Waals surface area contributed by atoms with E-state index < -0.39 is 0 Å². The fraction of sp³-hybridized carbons (Fsp3) is 0.765. The van der Waals surface area contributed by atoms with Gasteiger partial charge in [-0.3, -0.25) is 4.68 Å². The van der Waals surface area contributed by atoms with Gasteiger partial charge >= 0.3 is 0 Å². The lowest BCUT2D eigenvalue weighted by molar-refractivity contribution is 0.518. The summed E-state index contributed by atoms with van der Waals surface area (Å²) in [6.07, 6.45) is 10.3. The van der Waals surface area contributed by atoms with Gasteiger partial charge in [0, 0.05) is 24.6 Å². The molecule has 1 aromatic heterocycles. The topological polar surface area (TPSA) is 30.7 Å². The average molecular weight is 275 g/mol. The van der Waals surface area contributed by atoms with Crippen LogP contribution in [0.3, 0.4) is 0 Å². The highest BCUT2D eigenvalue weighted by Gasteiger charge is 2.02. The molecule has 0 N–H and O–H groups in total. The molecular weight excluding hydrogens is 246 g/mol. The Balaban J connectivity index is 1.98. The molecule has 0 aromatic carbocycles. The Hall–Kier alpha value is -1.30. The zero-order valence-electron chi connectivity index (χ0n) is 13.6. The molecular formula is C17H29N3. The fourth-order valence-corrected chi connectivity index (χ4v) is 1.95. The van der Waals surface area contributed by atoms with Crippen LogP contribution < -0.4 is 0 Å². The van der Waals surface area contributed by atoms with E-state index in [9.17, 15) is 0 Å². The zero-order chi connectivity index (χ0) is 14.8. The molecule has 1 aromatic rings. The first kappa shape index (κ1) is 16.8. The molecule has 112 valence electrons. The Bertz CT molecular complexity index is 429. The summed E-state index contributed by atoms with van der Waals surface area (Å²) in [5.41, 5.74) is 1.23. The molecule has 0 bridgehead atoms. The first-order valence-electron chi connectivity index (χ1n) is 7.90. The lowest BCUT2D eigenvalue weighted by atomic mass is 9.97. The number of aromatic nitrogens is 3. The summed E-state index contributed by atoms with van der Waals surface area (Å²) in [5, 5.41) is 8.22. The second kappa shape index (κ2) is 8.79. The van der Waals surface area contributed by atoms with Crippen molar-refractivity contribution >= 4 is 0 Å². The lowest BCUT2D eigenvalue weighted by Crippen LogP contribution is -1.99. The number of rotatable bonds is 8. The number of nitrogens with zero attached hydrogens (tertiary/aromatic N) is 3. The van der Waals surface area contributed by atoms with Crippen LogP contribution in [0, 0.1) is 17.3 Å². The zero-order valence-corrected chi connectivity index (χ0v) is 13.6. The summed E-state index contributed by atoms with van der Waals surface area (Å²) in [4.78, 5) is 0. The highest BCUT2D eigenvalue weighted by molar-refractivity contribution is 5.06. The molecule has 0 saturated carbocycles. The second-order valence-electron chi connectivity index (χ2n) is 6.40. The summed E-state index contributed by atoms with van der Waals surface area (Å²) >= 11 is 0. The molecule has 20 heavy (non-hydrogen) atoms. The van der Waals surface area contributed by atoms with Gasteiger partial charge < -0.3 is 0 Å². The summed E-state index contributed by atoms with van der Waals surface area (Å²) in [6, 6.07) is 0. The fourth-order valence-electron chi connectivity index (χ4n) is 1.95. The van der Waals surface area contributed by atoms with Crippen LogP contribution in [0.2, 0.25) is 0 Å². The van der Waals surface area contributed by atoms with Gasteiger partial charge in [-0.25, -0.2) is 0 Å². The number of hydrogen-bond acceptors (Lipinski definition) is 2. The van der Waals surface area contributed by atoms with Gasteiger partial charge in [-0.2, -0.15) is 0 Å². The van der Waals surface area contributed by atoms with Gasteiger partial charge in [0.1, 0.15) is 0 Å². The van der Waals surface area contributed by atoms with Crippen LogP contribution in [0.25, 0.3) is 0 Å². The largest absolute Gasteiger partial charge is 0.252 e. The first-order valence-corrected chi connectivity index (χ1v) is 7.90. The third-order valence-corrected chi connectivity index (χ3v) is 3.10. The third-order valence-electron chi connectivity index (χ3n) is 3.10. The Kier molecular flexibility index (Phi) is 7.36. The number of unbranched alkanes of at least 4 members (excludes halogenated alkanes) is 5. The predicted molar refractivity (Wildman–Crippen MR) is 84.3 cm³/mol. The van der Waals surface area contributed by atoms with E-state index in [0.717, 1.165) is 25.1 Å². The summed E-state index contributed by atoms with van der Waals surface area (Å²) in [7, 11) is 0. The van der Waals surface area contributed by atoms with E-state index in [2.05, 4.69) is 56.0 Å². The molecule has 0 aliphatic carbocycles. The molecule has 0 saturated heterocycles. The minimum Gasteiger partial charge on any atom is -0.252 e. The van der Waals surface area contributed by atoms with Crippen LogP contribution in [-0.4, -0.2) is 15.0 Å². The van der Waals surface area contributed by atoms with Crippen LogP contribution in [0.5, 0.6) is 0 Å². The van der Waals surface area contributed by atoms with Crippen LogP contribution >= 0.6 is 0 Å². The van der Waals surface area contributed by atoms with Crippen molar-refractivity contribution in [1.29, 1.82) is 0 Å². The molecule has 1 heterocycles. The average Bonchev–Trinajstić information content (AvgIpc) is 2.83. The van der Waals surface area contributed by atoms with E-state index in [1.54, 1.807) is 0 Å². The van der Waals surface area contributed by atoms with Gasteiger partial charge in [-0.05, 0) is 40.0 Å². The van der Waals surface area contributed by atoms with Crippen molar-refractivity contribution in [2.24, 2.45) is 5.41 Å². The normalized spacial score (nSPS) is 11.2. The van der Waals surface area contributed by atoms with Gasteiger partial charge in [-0.15, -0.1) is 11.0 Å². The molecule has 0 spiro atoms. The van der Waals surface area contributed by atoms with E-state index in [1.165, 1.54) is 32.1 Å². The lowest BCUT2D eigenvalue weighted by Gasteiger charge is -2.06. The van der Waals surface area contributed by atoms with Crippen molar-refractivity contribution in [1.82, 2.24) is 15.0 Å². The Morgan fingerprint density at radius 2 is 1.80 bits per heavy atom. The Labute approximate surface area is 124 Å². The van der Waals surface area contributed by atoms with Gasteiger partial charge in [-0.1, -0.05) is 37.3 Å². The summed E-state index contributed by atoms with van der Waals surface area (Å²) in [5.74, 6) is 6.56. The Morgan fingerprint density at radius 1 is 1.10 bits per heavy atom. The van der Waals surface area contributed by atoms with Gasteiger partial charge in [0.25, 0.3) is 0 Å². The smallest absolute Gasteiger partial charge is 0.0824 e. The van der Waals surface area contributed by atoms with Gasteiger partial charge in [0.15, 0.2) is 0 Å². The molecule has 0 aliphatic heterocycles. The standard InChI is InChI=1S/C17H29N3/c1-5-16-15-20(19-18-16)14-12-10-8-6-7-9-11-13-17(2,3)4/h15H,5-10,12,14H2,1-4H3. The van der Waals surface area contributed by atoms with Crippen molar-refractivity contribution in [3.8, 4) is 11.8 Å². The SMILES string of the molecule is CCc1cn(CCCCCCCC#CC(C)(C)C)nn1. The first-order chi connectivity index (χ1) is 9.51. The molecule has 0 unspecified atom stereocenters. The van der Waals surface area contributed by atoms with E-state index in [4.69, 9.17) is 0 Å². The maximum absolute atomic E-state index is 4.12. The van der Waals surface area contributed by atoms with Crippen LogP contribution in [0.4, 0.5) is 0 Å². The maximum atomic E-state index is 4.12. The van der Waals surface area contributed by atoms with Crippen molar-refractivity contribution in [3.63, 3.8) is 0 Å². The summed E-state index contributed by atoms with van der Waals surface area (Å²) < 4.78 is 1.97. The van der Waals surface area contributed by atoms with Crippen molar-refractivity contribution in [3.05, 3.63) is 11.9 Å². The monoisotopic (exact) mass is 275 g/mol. The molecule has 1 rings (SSSR count). The van der Waals surface area contributed by atoms with E-state index in [-0.39, 0.29) is 5.41 Å². The number of aryl methyl sites for hydroxylation is 2. The molecule has 0 radical (unpaired) electrons. The number of hydrogen-bond donors (Lipinski definition) is 0. The predicted octanol–water partition coefficient (Wildman–Crippen LogP) is 4.23. The van der Waals surface area contributed by atoms with Crippen LogP contribution in [0.1, 0.15) is 71.9 Å². The molecule has 3 nitrogen and oxygen atoms in total. The second-order valence-corrected chi connectivity index (χ2v) is 6.40. The molecule has 0 amide bonds. The van der Waals surface area contributed by atoms with E-state index in [1.807, 2.05) is 4.68 Å². The minimum absolute atomic E-state index is 0.148. The minimum atomic E-state index is 0.148. The quantitative estimate of drug-likeness (QED) is 0.525. The highest BCUT2D eigenvalue weighted by atomic mass is 15.4. The van der Waals surface area contributed by atoms with E-state index >= 15 is 0 Å². The molecule has 3 heteroatoms. The molecule has 0 aliphatic rings. The van der Waals surface area contributed by atoms with E-state index in [0.29, 0.717) is 0 Å². The molecule has 0 fully saturated rings. The highest BCUT2D eigenvalue weighted by Crippen LogP contribution is 2.11. The van der Waals surface area contributed by atoms with Crippen molar-refractivity contribution in [2.45, 2.75) is 79.2 Å². The van der Waals surface area contributed by atoms with Gasteiger partial charge in [0.05, 0.1) is 5.69 Å². The summed E-state index contributed by atoms with van der Waals surface area (Å²) in [6.45, 7) is 9.59. The molecule has 0 atom stereocenters. The van der Waals surface area contributed by atoms with Crippen molar-refractivity contribution in [2.75, 3.05) is 0 Å². The van der Waals surface area contributed by atoms with Gasteiger partial charge in [0.2, 0.25) is 0 Å². The maximum Gasteiger partial charge on any atom is 0.0824 e. The van der Waals surface area contributed by atoms with Crippen LogP contribution in [0.15, 0.2) is 6.20 Å². The van der Waals surface area contributed by atoms with Crippen LogP contribution in [-0.2, 0) is 13.0 Å². The third kappa shape index (κ3) is 7.99.